The van der Waals surface area contributed by atoms with E-state index in [2.05, 4.69) is 10.2 Å². The molecule has 2 aromatic rings. The zero-order valence-corrected chi connectivity index (χ0v) is 15.6. The van der Waals surface area contributed by atoms with Crippen LogP contribution in [0.5, 0.6) is 5.75 Å². The molecule has 0 saturated carbocycles. The first kappa shape index (κ1) is 19.9. The summed E-state index contributed by atoms with van der Waals surface area (Å²) in [5.41, 5.74) is 6.26. The lowest BCUT2D eigenvalue weighted by Gasteiger charge is -2.36. The van der Waals surface area contributed by atoms with Crippen molar-refractivity contribution >= 4 is 17.4 Å². The van der Waals surface area contributed by atoms with Crippen LogP contribution in [-0.4, -0.2) is 61.5 Å². The Balaban J connectivity index is 1.40. The van der Waals surface area contributed by atoms with Crippen molar-refractivity contribution in [3.8, 4) is 5.75 Å². The number of primary amides is 1. The summed E-state index contributed by atoms with van der Waals surface area (Å²) in [6.07, 6.45) is -0.636. The average Bonchev–Trinajstić information content (AvgIpc) is 2.68. The van der Waals surface area contributed by atoms with Crippen molar-refractivity contribution in [2.45, 2.75) is 6.10 Å². The maximum atomic E-state index is 13.9. The third-order valence-corrected chi connectivity index (χ3v) is 4.60. The quantitative estimate of drug-likeness (QED) is 0.674. The maximum Gasteiger partial charge on any atom is 0.316 e. The number of carbonyl (C=O) groups excluding carboxylic acids is 1. The molecule has 1 fully saturated rings. The Hall–Kier alpha value is -2.84. The van der Waals surface area contributed by atoms with Crippen LogP contribution in [0, 0.1) is 5.82 Å². The molecule has 2 aromatic carbocycles. The number of hydrogen-bond acceptors (Lipinski definition) is 5. The summed E-state index contributed by atoms with van der Waals surface area (Å²) in [5, 5.41) is 12.7. The summed E-state index contributed by atoms with van der Waals surface area (Å²) >= 11 is 0. The van der Waals surface area contributed by atoms with Crippen LogP contribution in [0.25, 0.3) is 0 Å². The van der Waals surface area contributed by atoms with Crippen LogP contribution < -0.4 is 20.7 Å². The molecular weight excluding hydrogens is 363 g/mol. The van der Waals surface area contributed by atoms with E-state index in [0.29, 0.717) is 36.8 Å². The van der Waals surface area contributed by atoms with Gasteiger partial charge >= 0.3 is 6.03 Å². The largest absolute Gasteiger partial charge is 0.491 e. The van der Waals surface area contributed by atoms with Gasteiger partial charge in [0.25, 0.3) is 0 Å². The number of hydrogen-bond donors (Lipinski definition) is 3. The zero-order valence-electron chi connectivity index (χ0n) is 15.6. The Labute approximate surface area is 163 Å². The molecule has 8 heteroatoms. The van der Waals surface area contributed by atoms with Gasteiger partial charge in [-0.25, -0.2) is 9.18 Å². The van der Waals surface area contributed by atoms with Crippen LogP contribution in [-0.2, 0) is 0 Å². The molecule has 2 amide bonds. The molecule has 0 radical (unpaired) electrons. The molecule has 1 atom stereocenters. The van der Waals surface area contributed by atoms with Gasteiger partial charge in [0.2, 0.25) is 0 Å². The Bertz CT molecular complexity index is 779. The van der Waals surface area contributed by atoms with Gasteiger partial charge in [0, 0.05) is 38.4 Å². The zero-order chi connectivity index (χ0) is 19.9. The monoisotopic (exact) mass is 388 g/mol. The molecule has 4 N–H and O–H groups in total. The molecule has 1 unspecified atom stereocenters. The first-order valence-corrected chi connectivity index (χ1v) is 9.20. The molecule has 0 aromatic heterocycles. The number of nitrogens with two attached hydrogens (primary N) is 1. The van der Waals surface area contributed by atoms with Crippen LogP contribution in [0.1, 0.15) is 0 Å². The molecule has 150 valence electrons. The van der Waals surface area contributed by atoms with Crippen LogP contribution >= 0.6 is 0 Å². The number of benzene rings is 2. The lowest BCUT2D eigenvalue weighted by molar-refractivity contribution is 0.0663. The predicted molar refractivity (Wildman–Crippen MR) is 106 cm³/mol. The average molecular weight is 388 g/mol. The number of anilines is 2. The highest BCUT2D eigenvalue weighted by Crippen LogP contribution is 2.20. The predicted octanol–water partition coefficient (Wildman–Crippen LogP) is 1.88. The van der Waals surface area contributed by atoms with Crippen molar-refractivity contribution in [2.75, 3.05) is 49.5 Å². The van der Waals surface area contributed by atoms with E-state index in [9.17, 15) is 14.3 Å². The topological polar surface area (TPSA) is 91.1 Å². The van der Waals surface area contributed by atoms with Crippen LogP contribution in [0.15, 0.2) is 48.5 Å². The number of aliphatic hydroxyl groups is 1. The number of amides is 2. The molecule has 0 bridgehead atoms. The number of piperazine rings is 1. The van der Waals surface area contributed by atoms with Crippen molar-refractivity contribution < 1.29 is 19.0 Å². The van der Waals surface area contributed by atoms with Crippen molar-refractivity contribution in [3.63, 3.8) is 0 Å². The highest BCUT2D eigenvalue weighted by Gasteiger charge is 2.21. The number of carbonyl (C=O) groups is 1. The molecule has 7 nitrogen and oxygen atoms in total. The fourth-order valence-corrected chi connectivity index (χ4v) is 3.20. The Kier molecular flexibility index (Phi) is 6.67. The molecular formula is C20H25FN4O3. The highest BCUT2D eigenvalue weighted by molar-refractivity contribution is 5.87. The van der Waals surface area contributed by atoms with E-state index in [0.717, 1.165) is 13.1 Å². The second kappa shape index (κ2) is 9.38. The van der Waals surface area contributed by atoms with E-state index in [-0.39, 0.29) is 12.4 Å². The SMILES string of the molecule is NC(=O)Nc1ccc(OCC(O)CN2CCN(c3ccccc3F)CC2)cc1. The third kappa shape index (κ3) is 5.58. The highest BCUT2D eigenvalue weighted by atomic mass is 19.1. The van der Waals surface area contributed by atoms with Gasteiger partial charge in [0.05, 0.1) is 5.69 Å². The Morgan fingerprint density at radius 3 is 2.46 bits per heavy atom. The van der Waals surface area contributed by atoms with Gasteiger partial charge in [0.1, 0.15) is 24.3 Å². The lowest BCUT2D eigenvalue weighted by Crippen LogP contribution is -2.49. The lowest BCUT2D eigenvalue weighted by atomic mass is 10.2. The minimum absolute atomic E-state index is 0.163. The van der Waals surface area contributed by atoms with Gasteiger partial charge in [-0.3, -0.25) is 4.90 Å². The van der Waals surface area contributed by atoms with E-state index >= 15 is 0 Å². The molecule has 3 rings (SSSR count). The first-order chi connectivity index (χ1) is 13.5. The minimum Gasteiger partial charge on any atom is -0.491 e. The van der Waals surface area contributed by atoms with Crippen molar-refractivity contribution in [1.82, 2.24) is 4.90 Å². The smallest absolute Gasteiger partial charge is 0.316 e. The Morgan fingerprint density at radius 1 is 1.14 bits per heavy atom. The van der Waals surface area contributed by atoms with Gasteiger partial charge < -0.3 is 25.8 Å². The number of nitrogens with one attached hydrogen (secondary N) is 1. The number of halogens is 1. The number of nitrogens with zero attached hydrogens (tertiary/aromatic N) is 2. The second-order valence-corrected chi connectivity index (χ2v) is 6.72. The van der Waals surface area contributed by atoms with E-state index in [4.69, 9.17) is 10.5 Å². The Morgan fingerprint density at radius 2 is 1.82 bits per heavy atom. The van der Waals surface area contributed by atoms with E-state index in [1.165, 1.54) is 6.07 Å². The van der Waals surface area contributed by atoms with E-state index < -0.39 is 12.1 Å². The molecule has 0 aliphatic carbocycles. The second-order valence-electron chi connectivity index (χ2n) is 6.72. The standard InChI is InChI=1S/C20H25FN4O3/c21-18-3-1-2-4-19(18)25-11-9-24(10-12-25)13-16(26)14-28-17-7-5-15(6-8-17)23-20(22)27/h1-8,16,26H,9-14H2,(H3,22,23,27). The van der Waals surface area contributed by atoms with Crippen molar-refractivity contribution in [2.24, 2.45) is 5.73 Å². The van der Waals surface area contributed by atoms with Gasteiger partial charge in [-0.05, 0) is 36.4 Å². The first-order valence-electron chi connectivity index (χ1n) is 9.20. The fourth-order valence-electron chi connectivity index (χ4n) is 3.20. The normalized spacial score (nSPS) is 15.9. The third-order valence-electron chi connectivity index (χ3n) is 4.60. The molecule has 1 aliphatic rings. The van der Waals surface area contributed by atoms with Crippen LogP contribution in [0.3, 0.4) is 0 Å². The van der Waals surface area contributed by atoms with Crippen LogP contribution in [0.2, 0.25) is 0 Å². The number of aliphatic hydroxyl groups excluding tert-OH is 1. The summed E-state index contributed by atoms with van der Waals surface area (Å²) in [7, 11) is 0. The summed E-state index contributed by atoms with van der Waals surface area (Å²) in [6, 6.07) is 12.9. The van der Waals surface area contributed by atoms with Gasteiger partial charge in [-0.1, -0.05) is 12.1 Å². The number of urea groups is 1. The number of ether oxygens (including phenoxy) is 1. The fraction of sp³-hybridized carbons (Fsp3) is 0.350. The van der Waals surface area contributed by atoms with Crippen LogP contribution in [0.4, 0.5) is 20.6 Å². The van der Waals surface area contributed by atoms with E-state index in [1.54, 1.807) is 36.4 Å². The van der Waals surface area contributed by atoms with Gasteiger partial charge in [-0.15, -0.1) is 0 Å². The summed E-state index contributed by atoms with van der Waals surface area (Å²) < 4.78 is 19.5. The number of rotatable bonds is 7. The van der Waals surface area contributed by atoms with E-state index in [1.807, 2.05) is 11.0 Å². The van der Waals surface area contributed by atoms with Crippen molar-refractivity contribution in [3.05, 3.63) is 54.3 Å². The minimum atomic E-state index is -0.636. The summed E-state index contributed by atoms with van der Waals surface area (Å²) in [6.45, 7) is 3.58. The van der Waals surface area contributed by atoms with Gasteiger partial charge in [-0.2, -0.15) is 0 Å². The molecule has 0 spiro atoms. The molecule has 28 heavy (non-hydrogen) atoms. The molecule has 1 saturated heterocycles. The summed E-state index contributed by atoms with van der Waals surface area (Å²) in [4.78, 5) is 15.0. The van der Waals surface area contributed by atoms with Gasteiger partial charge in [0.15, 0.2) is 0 Å². The number of para-hydroxylation sites is 1. The van der Waals surface area contributed by atoms with Crippen molar-refractivity contribution in [1.29, 1.82) is 0 Å². The molecule has 1 aliphatic heterocycles. The molecule has 1 heterocycles. The number of β-amino-alcohol motifs (C(OH)–C–C–N with tert-alkyl or cyclic N) is 1. The maximum absolute atomic E-state index is 13.9. The summed E-state index contributed by atoms with van der Waals surface area (Å²) in [5.74, 6) is 0.389.